The second kappa shape index (κ2) is 13.2. The number of amides is 3. The Hall–Kier alpha value is -3.30. The normalized spacial score (nSPS) is 12.8. The van der Waals surface area contributed by atoms with Gasteiger partial charge in [0, 0.05) is 6.54 Å². The number of carboxylic acid groups (broad SMARTS) is 1. The molecule has 0 aliphatic carbocycles. The summed E-state index contributed by atoms with van der Waals surface area (Å²) < 4.78 is 10.2. The number of alkyl carbamates (subject to hydrolysis) is 2. The van der Waals surface area contributed by atoms with Gasteiger partial charge >= 0.3 is 18.2 Å². The van der Waals surface area contributed by atoms with Gasteiger partial charge in [-0.25, -0.2) is 14.4 Å². The lowest BCUT2D eigenvalue weighted by Gasteiger charge is -2.20. The van der Waals surface area contributed by atoms with Gasteiger partial charge in [0.2, 0.25) is 5.91 Å². The van der Waals surface area contributed by atoms with Crippen molar-refractivity contribution in [3.8, 4) is 0 Å². The van der Waals surface area contributed by atoms with Crippen molar-refractivity contribution in [1.29, 1.82) is 0 Å². The summed E-state index contributed by atoms with van der Waals surface area (Å²) in [5, 5.41) is 16.7. The van der Waals surface area contributed by atoms with E-state index in [2.05, 4.69) is 16.0 Å². The molecule has 1 aromatic carbocycles. The third-order valence-electron chi connectivity index (χ3n) is 4.14. The number of carboxylic acids is 1. The van der Waals surface area contributed by atoms with E-state index < -0.39 is 41.7 Å². The number of carbonyl (C=O) groups is 4. The first kappa shape index (κ1) is 26.7. The molecule has 1 rings (SSSR count). The molecule has 1 aromatic rings. The highest BCUT2D eigenvalue weighted by atomic mass is 16.6. The first-order chi connectivity index (χ1) is 15.0. The third-order valence-corrected chi connectivity index (χ3v) is 4.14. The van der Waals surface area contributed by atoms with E-state index in [9.17, 15) is 24.3 Å². The number of hydrogen-bond acceptors (Lipinski definition) is 6. The highest BCUT2D eigenvalue weighted by Gasteiger charge is 2.24. The average Bonchev–Trinajstić information content (AvgIpc) is 2.70. The quantitative estimate of drug-likeness (QED) is 0.379. The fraction of sp³-hybridized carbons (Fsp3) is 0.545. The minimum atomic E-state index is -1.18. The maximum absolute atomic E-state index is 12.3. The molecule has 0 fully saturated rings. The van der Waals surface area contributed by atoms with Crippen LogP contribution in [0.25, 0.3) is 0 Å². The Morgan fingerprint density at radius 1 is 1.00 bits per heavy atom. The predicted molar refractivity (Wildman–Crippen MR) is 117 cm³/mol. The van der Waals surface area contributed by atoms with Crippen LogP contribution >= 0.6 is 0 Å². The van der Waals surface area contributed by atoms with E-state index >= 15 is 0 Å². The predicted octanol–water partition coefficient (Wildman–Crippen LogP) is 2.57. The van der Waals surface area contributed by atoms with Gasteiger partial charge in [0.1, 0.15) is 24.3 Å². The summed E-state index contributed by atoms with van der Waals surface area (Å²) in [6.45, 7) is 7.07. The zero-order valence-electron chi connectivity index (χ0n) is 19.0. The van der Waals surface area contributed by atoms with Gasteiger partial charge in [-0.1, -0.05) is 30.3 Å². The third kappa shape index (κ3) is 11.8. The minimum absolute atomic E-state index is 0.0517. The molecule has 10 nitrogen and oxygen atoms in total. The molecule has 0 unspecified atom stereocenters. The molecular formula is C22H33N3O7. The topological polar surface area (TPSA) is 143 Å². The SMILES string of the molecule is C[C@H](NC(=O)OCc1ccccc1)C(=O)N[C@@H](CCCCNC(=O)OC(C)(C)C)C(=O)O. The van der Waals surface area contributed by atoms with Crippen molar-refractivity contribution in [1.82, 2.24) is 16.0 Å². The maximum Gasteiger partial charge on any atom is 0.408 e. The van der Waals surface area contributed by atoms with Crippen LogP contribution in [0.4, 0.5) is 9.59 Å². The van der Waals surface area contributed by atoms with Crippen molar-refractivity contribution in [2.45, 2.75) is 71.2 Å². The molecule has 178 valence electrons. The second-order valence-corrected chi connectivity index (χ2v) is 8.25. The van der Waals surface area contributed by atoms with E-state index in [4.69, 9.17) is 9.47 Å². The van der Waals surface area contributed by atoms with Gasteiger partial charge in [0.25, 0.3) is 0 Å². The molecule has 10 heteroatoms. The highest BCUT2D eigenvalue weighted by Crippen LogP contribution is 2.07. The highest BCUT2D eigenvalue weighted by molar-refractivity contribution is 5.88. The van der Waals surface area contributed by atoms with Crippen LogP contribution in [0, 0.1) is 0 Å². The molecule has 0 aromatic heterocycles. The number of hydrogen-bond donors (Lipinski definition) is 4. The maximum atomic E-state index is 12.3. The lowest BCUT2D eigenvalue weighted by molar-refractivity contribution is -0.142. The van der Waals surface area contributed by atoms with Crippen LogP contribution in [0.5, 0.6) is 0 Å². The van der Waals surface area contributed by atoms with Crippen molar-refractivity contribution >= 4 is 24.1 Å². The van der Waals surface area contributed by atoms with Crippen LogP contribution in [0.1, 0.15) is 52.5 Å². The summed E-state index contributed by atoms with van der Waals surface area (Å²) in [4.78, 5) is 47.1. The van der Waals surface area contributed by atoms with Crippen molar-refractivity contribution in [2.24, 2.45) is 0 Å². The second-order valence-electron chi connectivity index (χ2n) is 8.25. The van der Waals surface area contributed by atoms with Gasteiger partial charge in [-0.15, -0.1) is 0 Å². The van der Waals surface area contributed by atoms with Gasteiger partial charge in [-0.3, -0.25) is 4.79 Å². The van der Waals surface area contributed by atoms with Gasteiger partial charge < -0.3 is 30.5 Å². The Morgan fingerprint density at radius 3 is 2.25 bits per heavy atom. The number of nitrogens with one attached hydrogen (secondary N) is 3. The van der Waals surface area contributed by atoms with Crippen LogP contribution in [-0.4, -0.2) is 53.4 Å². The van der Waals surface area contributed by atoms with E-state index in [1.807, 2.05) is 18.2 Å². The Bertz CT molecular complexity index is 763. The molecule has 0 saturated carbocycles. The number of unbranched alkanes of at least 4 members (excludes halogenated alkanes) is 1. The molecule has 0 bridgehead atoms. The molecule has 0 heterocycles. The number of aliphatic carboxylic acids is 1. The van der Waals surface area contributed by atoms with Gasteiger partial charge in [0.05, 0.1) is 0 Å². The Morgan fingerprint density at radius 2 is 1.66 bits per heavy atom. The largest absolute Gasteiger partial charge is 0.480 e. The van der Waals surface area contributed by atoms with Crippen molar-refractivity contribution in [3.63, 3.8) is 0 Å². The van der Waals surface area contributed by atoms with Crippen LogP contribution in [0.3, 0.4) is 0 Å². The van der Waals surface area contributed by atoms with E-state index in [1.54, 1.807) is 32.9 Å². The molecule has 0 aliphatic heterocycles. The van der Waals surface area contributed by atoms with Gasteiger partial charge in [-0.05, 0) is 52.5 Å². The van der Waals surface area contributed by atoms with Crippen molar-refractivity contribution in [2.75, 3.05) is 6.54 Å². The minimum Gasteiger partial charge on any atom is -0.480 e. The molecule has 0 aliphatic rings. The average molecular weight is 452 g/mol. The lowest BCUT2D eigenvalue weighted by Crippen LogP contribution is -2.50. The van der Waals surface area contributed by atoms with E-state index in [0.717, 1.165) is 5.56 Å². The molecule has 3 amide bonds. The lowest BCUT2D eigenvalue weighted by atomic mass is 10.1. The van der Waals surface area contributed by atoms with Crippen molar-refractivity contribution in [3.05, 3.63) is 35.9 Å². The van der Waals surface area contributed by atoms with Gasteiger partial charge in [-0.2, -0.15) is 0 Å². The van der Waals surface area contributed by atoms with Crippen molar-refractivity contribution < 1.29 is 33.8 Å². The molecular weight excluding hydrogens is 418 g/mol. The number of ether oxygens (including phenoxy) is 2. The first-order valence-corrected chi connectivity index (χ1v) is 10.4. The zero-order chi connectivity index (χ0) is 24.1. The summed E-state index contributed by atoms with van der Waals surface area (Å²) in [6, 6.07) is 6.96. The van der Waals surface area contributed by atoms with E-state index in [0.29, 0.717) is 19.4 Å². The Kier molecular flexibility index (Phi) is 11.0. The fourth-order valence-corrected chi connectivity index (χ4v) is 2.54. The van der Waals surface area contributed by atoms with E-state index in [-0.39, 0.29) is 13.0 Å². The van der Waals surface area contributed by atoms with Crippen LogP contribution in [0.2, 0.25) is 0 Å². The molecule has 32 heavy (non-hydrogen) atoms. The fourth-order valence-electron chi connectivity index (χ4n) is 2.54. The summed E-state index contributed by atoms with van der Waals surface area (Å²) >= 11 is 0. The standard InChI is InChI=1S/C22H33N3O7/c1-15(24-21(30)31-14-16-10-6-5-7-11-16)18(26)25-17(19(27)28)12-8-9-13-23-20(29)32-22(2,3)4/h5-7,10-11,15,17H,8-9,12-14H2,1-4H3,(H,23,29)(H,24,30)(H,25,26)(H,27,28)/t15-,17-/m0/s1. The molecule has 0 saturated heterocycles. The number of rotatable bonds is 11. The summed E-state index contributed by atoms with van der Waals surface area (Å²) in [5.41, 5.74) is 0.202. The van der Waals surface area contributed by atoms with Crippen LogP contribution < -0.4 is 16.0 Å². The Balaban J connectivity index is 2.34. The smallest absolute Gasteiger partial charge is 0.408 e. The monoisotopic (exact) mass is 451 g/mol. The Labute approximate surface area is 188 Å². The van der Waals surface area contributed by atoms with Gasteiger partial charge in [0.15, 0.2) is 0 Å². The molecule has 2 atom stereocenters. The van der Waals surface area contributed by atoms with Crippen LogP contribution in [0.15, 0.2) is 30.3 Å². The summed E-state index contributed by atoms with van der Waals surface area (Å²) in [6.07, 6.45) is -0.189. The number of carbonyl (C=O) groups excluding carboxylic acids is 3. The first-order valence-electron chi connectivity index (χ1n) is 10.4. The molecule has 4 N–H and O–H groups in total. The number of benzene rings is 1. The zero-order valence-corrected chi connectivity index (χ0v) is 19.0. The molecule has 0 radical (unpaired) electrons. The summed E-state index contributed by atoms with van der Waals surface area (Å²) in [7, 11) is 0. The van der Waals surface area contributed by atoms with E-state index in [1.165, 1.54) is 6.92 Å². The molecule has 0 spiro atoms. The summed E-state index contributed by atoms with van der Waals surface area (Å²) in [5.74, 6) is -1.82. The van der Waals surface area contributed by atoms with Crippen LogP contribution in [-0.2, 0) is 25.7 Å².